The van der Waals surface area contributed by atoms with E-state index < -0.39 is 7.05 Å². The van der Waals surface area contributed by atoms with Crippen molar-refractivity contribution in [1.29, 1.82) is 0 Å². The number of nitrogens with zero attached hydrogens (tertiary/aromatic N) is 1. The molecule has 5 nitrogen and oxygen atoms in total. The number of amides is 1. The van der Waals surface area contributed by atoms with E-state index in [1.807, 2.05) is 41.3 Å². The number of carbonyl (C=O) groups excluding carboxylic acids is 1. The predicted molar refractivity (Wildman–Crippen MR) is 93.5 cm³/mol. The Labute approximate surface area is 142 Å². The second-order valence-corrected chi connectivity index (χ2v) is 6.12. The maximum atomic E-state index is 12.8. The van der Waals surface area contributed by atoms with Crippen LogP contribution in [0.2, 0.25) is 6.82 Å². The Hall–Kier alpha value is -2.31. The summed E-state index contributed by atoms with van der Waals surface area (Å²) in [6, 6.07) is 16.2. The molecule has 6 heteroatoms. The fourth-order valence-electron chi connectivity index (χ4n) is 3.29. The Morgan fingerprint density at radius 3 is 2.54 bits per heavy atom. The van der Waals surface area contributed by atoms with Crippen molar-refractivity contribution in [2.45, 2.75) is 25.3 Å². The Bertz CT molecular complexity index is 708. The van der Waals surface area contributed by atoms with E-state index in [-0.39, 0.29) is 23.7 Å². The van der Waals surface area contributed by atoms with Crippen LogP contribution in [0.4, 0.5) is 0 Å². The predicted octanol–water partition coefficient (Wildman–Crippen LogP) is 1.78. The van der Waals surface area contributed by atoms with Gasteiger partial charge in [0.1, 0.15) is 5.75 Å². The highest BCUT2D eigenvalue weighted by atomic mass is 16.3. The van der Waals surface area contributed by atoms with Gasteiger partial charge in [0, 0.05) is 6.54 Å². The SMILES string of the molecule is CB(O)N[C@H]1CCN(C(c2ccccc2)c2cccc(O)c2)C1=O. The minimum atomic E-state index is -0.727. The molecule has 1 fully saturated rings. The summed E-state index contributed by atoms with van der Waals surface area (Å²) in [5.41, 5.74) is 1.86. The van der Waals surface area contributed by atoms with Gasteiger partial charge in [0.25, 0.3) is 0 Å². The van der Waals surface area contributed by atoms with E-state index in [0.29, 0.717) is 13.0 Å². The second-order valence-electron chi connectivity index (χ2n) is 6.12. The first-order valence-electron chi connectivity index (χ1n) is 8.14. The van der Waals surface area contributed by atoms with Gasteiger partial charge in [-0.25, -0.2) is 0 Å². The van der Waals surface area contributed by atoms with Crippen LogP contribution in [-0.4, -0.2) is 40.6 Å². The molecule has 2 aromatic rings. The summed E-state index contributed by atoms with van der Waals surface area (Å²) in [5, 5.41) is 22.3. The summed E-state index contributed by atoms with van der Waals surface area (Å²) in [6.07, 6.45) is 0.645. The van der Waals surface area contributed by atoms with Crippen molar-refractivity contribution >= 4 is 13.0 Å². The summed E-state index contributed by atoms with van der Waals surface area (Å²) in [7, 11) is -0.727. The quantitative estimate of drug-likeness (QED) is 0.733. The van der Waals surface area contributed by atoms with E-state index in [4.69, 9.17) is 0 Å². The molecule has 3 N–H and O–H groups in total. The second kappa shape index (κ2) is 7.07. The first-order chi connectivity index (χ1) is 11.6. The zero-order valence-corrected chi connectivity index (χ0v) is 13.6. The van der Waals surface area contributed by atoms with Gasteiger partial charge in [-0.2, -0.15) is 0 Å². The molecule has 0 aromatic heterocycles. The van der Waals surface area contributed by atoms with Crippen LogP contribution < -0.4 is 5.23 Å². The van der Waals surface area contributed by atoms with Gasteiger partial charge in [-0.3, -0.25) is 4.79 Å². The molecule has 0 saturated carbocycles. The topological polar surface area (TPSA) is 72.8 Å². The fraction of sp³-hybridized carbons (Fsp3) is 0.278. The normalized spacial score (nSPS) is 18.7. The summed E-state index contributed by atoms with van der Waals surface area (Å²) in [6.45, 7) is 2.21. The van der Waals surface area contributed by atoms with Gasteiger partial charge in [-0.15, -0.1) is 0 Å². The number of hydrogen-bond donors (Lipinski definition) is 3. The van der Waals surface area contributed by atoms with E-state index >= 15 is 0 Å². The van der Waals surface area contributed by atoms with Crippen LogP contribution in [0.15, 0.2) is 54.6 Å². The Morgan fingerprint density at radius 1 is 1.17 bits per heavy atom. The van der Waals surface area contributed by atoms with E-state index in [9.17, 15) is 14.9 Å². The smallest absolute Gasteiger partial charge is 0.374 e. The molecule has 3 rings (SSSR count). The van der Waals surface area contributed by atoms with Crippen LogP contribution in [0.3, 0.4) is 0 Å². The minimum Gasteiger partial charge on any atom is -0.508 e. The highest BCUT2D eigenvalue weighted by Crippen LogP contribution is 2.33. The van der Waals surface area contributed by atoms with Gasteiger partial charge in [-0.1, -0.05) is 42.5 Å². The van der Waals surface area contributed by atoms with Crippen molar-refractivity contribution in [1.82, 2.24) is 10.1 Å². The lowest BCUT2D eigenvalue weighted by Gasteiger charge is -2.29. The zero-order valence-electron chi connectivity index (χ0n) is 13.6. The van der Waals surface area contributed by atoms with E-state index in [1.165, 1.54) is 0 Å². The Morgan fingerprint density at radius 2 is 1.88 bits per heavy atom. The molecule has 0 aliphatic carbocycles. The molecule has 0 radical (unpaired) electrons. The number of carbonyl (C=O) groups is 1. The number of benzene rings is 2. The van der Waals surface area contributed by atoms with Crippen molar-refractivity contribution in [2.75, 3.05) is 6.54 Å². The van der Waals surface area contributed by atoms with Crippen LogP contribution in [0, 0.1) is 0 Å². The number of aromatic hydroxyl groups is 1. The van der Waals surface area contributed by atoms with Gasteiger partial charge in [0.15, 0.2) is 0 Å². The molecule has 1 heterocycles. The zero-order chi connectivity index (χ0) is 17.1. The van der Waals surface area contributed by atoms with Crippen LogP contribution >= 0.6 is 0 Å². The molecular weight excluding hydrogens is 303 g/mol. The minimum absolute atomic E-state index is 0.0342. The third kappa shape index (κ3) is 3.45. The van der Waals surface area contributed by atoms with Crippen molar-refractivity contribution < 1.29 is 14.9 Å². The van der Waals surface area contributed by atoms with Crippen LogP contribution in [0.1, 0.15) is 23.6 Å². The van der Waals surface area contributed by atoms with Gasteiger partial charge >= 0.3 is 7.05 Å². The first-order valence-corrected chi connectivity index (χ1v) is 8.14. The molecule has 124 valence electrons. The lowest BCUT2D eigenvalue weighted by Crippen LogP contribution is -2.45. The number of phenols is 1. The molecule has 2 aromatic carbocycles. The number of nitrogens with one attached hydrogen (secondary N) is 1. The first kappa shape index (κ1) is 16.5. The third-order valence-electron chi connectivity index (χ3n) is 4.30. The molecule has 24 heavy (non-hydrogen) atoms. The van der Waals surface area contributed by atoms with E-state index in [0.717, 1.165) is 11.1 Å². The monoisotopic (exact) mass is 324 g/mol. The molecular formula is C18H21BN2O3. The summed E-state index contributed by atoms with van der Waals surface area (Å²) < 4.78 is 0. The maximum Gasteiger partial charge on any atom is 0.374 e. The van der Waals surface area contributed by atoms with Crippen LogP contribution in [0.25, 0.3) is 0 Å². The van der Waals surface area contributed by atoms with Gasteiger partial charge in [-0.05, 0) is 36.5 Å². The van der Waals surface area contributed by atoms with E-state index in [1.54, 1.807) is 25.0 Å². The van der Waals surface area contributed by atoms with Crippen molar-refractivity contribution in [3.05, 3.63) is 65.7 Å². The van der Waals surface area contributed by atoms with Crippen molar-refractivity contribution in [3.63, 3.8) is 0 Å². The lowest BCUT2D eigenvalue weighted by atomic mass is 9.87. The molecule has 0 bridgehead atoms. The van der Waals surface area contributed by atoms with Gasteiger partial charge in [0.05, 0.1) is 12.1 Å². The summed E-state index contributed by atoms with van der Waals surface area (Å²) >= 11 is 0. The molecule has 1 aliphatic rings. The van der Waals surface area contributed by atoms with Crippen molar-refractivity contribution in [3.8, 4) is 5.75 Å². The summed E-state index contributed by atoms with van der Waals surface area (Å²) in [4.78, 5) is 14.6. The number of rotatable bonds is 5. The number of phenolic OH excluding ortho intramolecular Hbond substituents is 1. The number of hydrogen-bond acceptors (Lipinski definition) is 4. The highest BCUT2D eigenvalue weighted by Gasteiger charge is 2.37. The molecule has 1 aliphatic heterocycles. The summed E-state index contributed by atoms with van der Waals surface area (Å²) in [5.74, 6) is 0.145. The molecule has 2 atom stereocenters. The molecule has 1 amide bonds. The Kier molecular flexibility index (Phi) is 4.88. The third-order valence-corrected chi connectivity index (χ3v) is 4.30. The van der Waals surface area contributed by atoms with Crippen molar-refractivity contribution in [2.24, 2.45) is 0 Å². The fourth-order valence-corrected chi connectivity index (χ4v) is 3.29. The van der Waals surface area contributed by atoms with Crippen LogP contribution in [0.5, 0.6) is 5.75 Å². The molecule has 1 saturated heterocycles. The number of likely N-dealkylation sites (tertiary alicyclic amines) is 1. The average Bonchev–Trinajstić information content (AvgIpc) is 2.90. The van der Waals surface area contributed by atoms with Gasteiger partial charge < -0.3 is 20.3 Å². The maximum absolute atomic E-state index is 12.8. The van der Waals surface area contributed by atoms with Gasteiger partial charge in [0.2, 0.25) is 5.91 Å². The Balaban J connectivity index is 1.96. The lowest BCUT2D eigenvalue weighted by molar-refractivity contribution is -0.130. The average molecular weight is 324 g/mol. The standard InChI is InChI=1S/C18H21BN2O3/c1-19(24)20-16-10-11-21(18(16)23)17(13-6-3-2-4-7-13)14-8-5-9-15(22)12-14/h2-9,12,16-17,20,22,24H,10-11H2,1H3/t16-,17?/m0/s1. The largest absolute Gasteiger partial charge is 0.508 e. The molecule has 1 unspecified atom stereocenters. The highest BCUT2D eigenvalue weighted by molar-refractivity contribution is 6.46. The van der Waals surface area contributed by atoms with Crippen LogP contribution in [-0.2, 0) is 4.79 Å². The molecule has 0 spiro atoms. The van der Waals surface area contributed by atoms with E-state index in [2.05, 4.69) is 5.23 Å².